The highest BCUT2D eigenvalue weighted by molar-refractivity contribution is 14.0. The fourth-order valence-electron chi connectivity index (χ4n) is 3.73. The van der Waals surface area contributed by atoms with Crippen molar-refractivity contribution in [1.82, 2.24) is 15.6 Å². The Hall–Kier alpha value is -1.32. The molecule has 0 radical (unpaired) electrons. The maximum atomic E-state index is 5.81. The van der Waals surface area contributed by atoms with E-state index in [0.29, 0.717) is 5.92 Å². The highest BCUT2D eigenvalue weighted by Crippen LogP contribution is 2.22. The molecular weight excluding hydrogens is 479 g/mol. The molecule has 1 aliphatic rings. The molecule has 3 N–H and O–H groups in total. The molecule has 0 spiro atoms. The average Bonchev–Trinajstić information content (AvgIpc) is 3.14. The summed E-state index contributed by atoms with van der Waals surface area (Å²) in [5.41, 5.74) is 3.87. The van der Waals surface area contributed by atoms with Crippen molar-refractivity contribution in [3.8, 4) is 0 Å². The minimum atomic E-state index is 0. The molecule has 7 heteroatoms. The molecule has 1 saturated heterocycles. The van der Waals surface area contributed by atoms with Crippen LogP contribution in [0.2, 0.25) is 0 Å². The summed E-state index contributed by atoms with van der Waals surface area (Å²) in [7, 11) is 1.81. The minimum Gasteiger partial charge on any atom is -0.381 e. The molecule has 2 heterocycles. The van der Waals surface area contributed by atoms with Gasteiger partial charge in [-0.15, -0.1) is 24.0 Å². The van der Waals surface area contributed by atoms with Crippen LogP contribution in [0.25, 0.3) is 10.9 Å². The average molecular weight is 514 g/mol. The van der Waals surface area contributed by atoms with Gasteiger partial charge in [-0.1, -0.05) is 12.1 Å². The highest BCUT2D eigenvalue weighted by atomic mass is 127. The van der Waals surface area contributed by atoms with Crippen LogP contribution in [-0.2, 0) is 15.9 Å². The molecule has 1 aromatic heterocycles. The monoisotopic (exact) mass is 514 g/mol. The van der Waals surface area contributed by atoms with Gasteiger partial charge in [0.1, 0.15) is 0 Å². The van der Waals surface area contributed by atoms with Crippen LogP contribution in [0.15, 0.2) is 29.4 Å². The number of aliphatic imine (C=N–C) groups is 1. The Morgan fingerprint density at radius 2 is 2.03 bits per heavy atom. The lowest BCUT2D eigenvalue weighted by Crippen LogP contribution is -2.39. The molecule has 3 rings (SSSR count). The zero-order valence-corrected chi connectivity index (χ0v) is 20.0. The third-order valence-corrected chi connectivity index (χ3v) is 5.36. The van der Waals surface area contributed by atoms with Gasteiger partial charge in [-0.3, -0.25) is 4.99 Å². The Kier molecular flexibility index (Phi) is 10.8. The Labute approximate surface area is 191 Å². The predicted octanol–water partition coefficient (Wildman–Crippen LogP) is 3.64. The number of aryl methyl sites for hydroxylation is 1. The van der Waals surface area contributed by atoms with Crippen molar-refractivity contribution in [2.75, 3.05) is 46.6 Å². The first-order valence-electron chi connectivity index (χ1n) is 10.4. The quantitative estimate of drug-likeness (QED) is 0.207. The largest absolute Gasteiger partial charge is 0.381 e. The van der Waals surface area contributed by atoms with Gasteiger partial charge in [-0.05, 0) is 55.7 Å². The second-order valence-corrected chi connectivity index (χ2v) is 7.47. The van der Waals surface area contributed by atoms with Gasteiger partial charge in [-0.25, -0.2) is 0 Å². The SMILES string of the molecule is CN=C(NCCCOCC1CCOCC1)NCCc1c[nH]c2cccc(C)c12.I. The van der Waals surface area contributed by atoms with E-state index >= 15 is 0 Å². The molecular formula is C22H35IN4O2. The van der Waals surface area contributed by atoms with E-state index in [1.54, 1.807) is 0 Å². The number of rotatable bonds is 9. The maximum Gasteiger partial charge on any atom is 0.190 e. The number of H-pyrrole nitrogens is 1. The number of aromatic amines is 1. The summed E-state index contributed by atoms with van der Waals surface area (Å²) in [4.78, 5) is 7.67. The molecule has 1 aromatic carbocycles. The molecule has 0 saturated carbocycles. The van der Waals surface area contributed by atoms with Crippen molar-refractivity contribution in [3.63, 3.8) is 0 Å². The first kappa shape index (κ1) is 24.0. The van der Waals surface area contributed by atoms with E-state index in [1.807, 2.05) is 7.05 Å². The number of hydrogen-bond acceptors (Lipinski definition) is 3. The number of nitrogens with zero attached hydrogens (tertiary/aromatic N) is 1. The number of halogens is 1. The summed E-state index contributed by atoms with van der Waals surface area (Å²) in [6.45, 7) is 7.29. The van der Waals surface area contributed by atoms with Crippen LogP contribution in [-0.4, -0.2) is 57.5 Å². The summed E-state index contributed by atoms with van der Waals surface area (Å²) in [6.07, 6.45) is 6.31. The number of ether oxygens (including phenoxy) is 2. The number of hydrogen-bond donors (Lipinski definition) is 3. The number of guanidine groups is 1. The van der Waals surface area contributed by atoms with Crippen LogP contribution in [0.5, 0.6) is 0 Å². The molecule has 0 unspecified atom stereocenters. The van der Waals surface area contributed by atoms with Crippen molar-refractivity contribution >= 4 is 40.8 Å². The summed E-state index contributed by atoms with van der Waals surface area (Å²) >= 11 is 0. The first-order valence-corrected chi connectivity index (χ1v) is 10.4. The molecule has 0 amide bonds. The summed E-state index contributed by atoms with van der Waals surface area (Å²) in [6, 6.07) is 6.39. The van der Waals surface area contributed by atoms with Crippen LogP contribution in [0.1, 0.15) is 30.4 Å². The van der Waals surface area contributed by atoms with Crippen molar-refractivity contribution in [3.05, 3.63) is 35.5 Å². The van der Waals surface area contributed by atoms with Gasteiger partial charge in [0.2, 0.25) is 0 Å². The second-order valence-electron chi connectivity index (χ2n) is 7.47. The molecule has 0 atom stereocenters. The van der Waals surface area contributed by atoms with Gasteiger partial charge >= 0.3 is 0 Å². The van der Waals surface area contributed by atoms with Crippen LogP contribution in [0.3, 0.4) is 0 Å². The van der Waals surface area contributed by atoms with E-state index in [4.69, 9.17) is 9.47 Å². The predicted molar refractivity (Wildman–Crippen MR) is 130 cm³/mol. The van der Waals surface area contributed by atoms with Crippen molar-refractivity contribution in [1.29, 1.82) is 0 Å². The van der Waals surface area contributed by atoms with Crippen LogP contribution < -0.4 is 10.6 Å². The van der Waals surface area contributed by atoms with Gasteiger partial charge < -0.3 is 25.1 Å². The molecule has 162 valence electrons. The zero-order valence-electron chi connectivity index (χ0n) is 17.6. The standard InChI is InChI=1S/C22H34N4O2.HI/c1-17-5-3-6-20-21(17)19(15-26-20)7-11-25-22(23-2)24-10-4-12-28-16-18-8-13-27-14-9-18;/h3,5-6,15,18,26H,4,7-14,16H2,1-2H3,(H2,23,24,25);1H. The smallest absolute Gasteiger partial charge is 0.190 e. The van der Waals surface area contributed by atoms with E-state index in [2.05, 4.69) is 51.9 Å². The summed E-state index contributed by atoms with van der Waals surface area (Å²) in [5, 5.41) is 8.11. The fraction of sp³-hybridized carbons (Fsp3) is 0.591. The van der Waals surface area contributed by atoms with E-state index in [-0.39, 0.29) is 24.0 Å². The lowest BCUT2D eigenvalue weighted by atomic mass is 10.0. The number of aromatic nitrogens is 1. The molecule has 1 fully saturated rings. The molecule has 0 bridgehead atoms. The minimum absolute atomic E-state index is 0. The normalized spacial score (nSPS) is 15.3. The Bertz CT molecular complexity index is 756. The van der Waals surface area contributed by atoms with Gasteiger partial charge in [0.05, 0.1) is 0 Å². The van der Waals surface area contributed by atoms with Gasteiger partial charge in [0.15, 0.2) is 5.96 Å². The number of nitrogens with one attached hydrogen (secondary N) is 3. The van der Waals surface area contributed by atoms with Crippen LogP contribution >= 0.6 is 24.0 Å². The summed E-state index contributed by atoms with van der Waals surface area (Å²) < 4.78 is 11.2. The Morgan fingerprint density at radius 3 is 2.83 bits per heavy atom. The third kappa shape index (κ3) is 7.46. The molecule has 6 nitrogen and oxygen atoms in total. The molecule has 0 aliphatic carbocycles. The van der Waals surface area contributed by atoms with E-state index in [1.165, 1.54) is 22.0 Å². The van der Waals surface area contributed by atoms with Crippen molar-refractivity contribution in [2.45, 2.75) is 32.6 Å². The van der Waals surface area contributed by atoms with Gasteiger partial charge in [0.25, 0.3) is 0 Å². The number of benzene rings is 1. The van der Waals surface area contributed by atoms with Crippen LogP contribution in [0.4, 0.5) is 0 Å². The highest BCUT2D eigenvalue weighted by Gasteiger charge is 2.13. The first-order chi connectivity index (χ1) is 13.8. The van der Waals surface area contributed by atoms with Crippen molar-refractivity contribution < 1.29 is 9.47 Å². The topological polar surface area (TPSA) is 70.7 Å². The van der Waals surface area contributed by atoms with Crippen LogP contribution in [0, 0.1) is 12.8 Å². The van der Waals surface area contributed by atoms with Gasteiger partial charge in [-0.2, -0.15) is 0 Å². The Balaban J connectivity index is 0.00000300. The lowest BCUT2D eigenvalue weighted by Gasteiger charge is -2.21. The second kappa shape index (κ2) is 13.1. The molecule has 29 heavy (non-hydrogen) atoms. The van der Waals surface area contributed by atoms with E-state index < -0.39 is 0 Å². The van der Waals surface area contributed by atoms with Gasteiger partial charge in [0, 0.05) is 63.7 Å². The lowest BCUT2D eigenvalue weighted by molar-refractivity contribution is 0.0203. The third-order valence-electron chi connectivity index (χ3n) is 5.36. The van der Waals surface area contributed by atoms with E-state index in [0.717, 1.165) is 71.2 Å². The maximum absolute atomic E-state index is 5.81. The molecule has 2 aromatic rings. The fourth-order valence-corrected chi connectivity index (χ4v) is 3.73. The Morgan fingerprint density at radius 1 is 1.24 bits per heavy atom. The molecule has 1 aliphatic heterocycles. The van der Waals surface area contributed by atoms with Crippen molar-refractivity contribution in [2.24, 2.45) is 10.9 Å². The summed E-state index contributed by atoms with van der Waals surface area (Å²) in [5.74, 6) is 1.52. The zero-order chi connectivity index (χ0) is 19.6. The van der Waals surface area contributed by atoms with E-state index in [9.17, 15) is 0 Å². The number of fused-ring (bicyclic) bond motifs is 1.